The van der Waals surface area contributed by atoms with E-state index in [1.807, 2.05) is 17.0 Å². The molecule has 1 aliphatic heterocycles. The maximum Gasteiger partial charge on any atom is 0.416 e. The summed E-state index contributed by atoms with van der Waals surface area (Å²) < 4.78 is 44.5. The molecule has 0 unspecified atom stereocenters. The Morgan fingerprint density at radius 2 is 1.77 bits per heavy atom. The number of aromatic nitrogens is 1. The van der Waals surface area contributed by atoms with Crippen LogP contribution in [0, 0.1) is 6.92 Å². The van der Waals surface area contributed by atoms with E-state index >= 15 is 0 Å². The summed E-state index contributed by atoms with van der Waals surface area (Å²) in [6, 6.07) is 11.7. The zero-order valence-electron chi connectivity index (χ0n) is 16.7. The Balaban J connectivity index is 1.56. The number of para-hydroxylation sites is 2. The van der Waals surface area contributed by atoms with Gasteiger partial charge >= 0.3 is 6.18 Å². The molecule has 0 saturated carbocycles. The van der Waals surface area contributed by atoms with Gasteiger partial charge in [-0.3, -0.25) is 4.79 Å². The van der Waals surface area contributed by atoms with Gasteiger partial charge in [-0.1, -0.05) is 29.4 Å². The van der Waals surface area contributed by atoms with Gasteiger partial charge in [0.1, 0.15) is 22.8 Å². The van der Waals surface area contributed by atoms with Gasteiger partial charge in [0.25, 0.3) is 5.91 Å². The monoisotopic (exact) mass is 431 g/mol. The van der Waals surface area contributed by atoms with Crippen molar-refractivity contribution in [3.8, 4) is 17.0 Å². The molecular weight excluding hydrogens is 411 g/mol. The number of halogens is 3. The summed E-state index contributed by atoms with van der Waals surface area (Å²) in [6.07, 6.45) is -4.50. The fourth-order valence-corrected chi connectivity index (χ4v) is 3.70. The molecule has 9 heteroatoms. The number of carbonyl (C=O) groups excluding carboxylic acids is 1. The van der Waals surface area contributed by atoms with Crippen LogP contribution < -0.4 is 4.90 Å². The number of alkyl halides is 3. The molecule has 162 valence electrons. The number of amides is 1. The normalized spacial score (nSPS) is 14.7. The smallest absolute Gasteiger partial charge is 0.416 e. The van der Waals surface area contributed by atoms with Crippen molar-refractivity contribution in [3.63, 3.8) is 0 Å². The molecular formula is C22H20F3N3O3. The highest BCUT2D eigenvalue weighted by atomic mass is 19.4. The number of piperazine rings is 1. The number of aryl methyl sites for hydroxylation is 1. The standard InChI is InChI=1S/C22H20F3N3O3/c1-14-19(20(26-31-14)15-5-4-6-16(13-15)22(23,24)25)21(30)28-11-9-27(10-12-28)17-7-2-3-8-18(17)29/h2-8,13,29H,9-12H2,1H3. The maximum atomic E-state index is 13.2. The van der Waals surface area contributed by atoms with Crippen molar-refractivity contribution >= 4 is 11.6 Å². The van der Waals surface area contributed by atoms with Gasteiger partial charge in [-0.2, -0.15) is 13.2 Å². The largest absolute Gasteiger partial charge is 0.506 e. The van der Waals surface area contributed by atoms with Crippen molar-refractivity contribution in [2.75, 3.05) is 31.1 Å². The summed E-state index contributed by atoms with van der Waals surface area (Å²) in [5.41, 5.74) is 0.302. The summed E-state index contributed by atoms with van der Waals surface area (Å²) >= 11 is 0. The first-order valence-electron chi connectivity index (χ1n) is 9.72. The molecule has 1 amide bonds. The molecule has 0 radical (unpaired) electrons. The van der Waals surface area contributed by atoms with Gasteiger partial charge in [0.05, 0.1) is 11.3 Å². The Kier molecular flexibility index (Phi) is 5.34. The second-order valence-electron chi connectivity index (χ2n) is 7.31. The number of carbonyl (C=O) groups is 1. The van der Waals surface area contributed by atoms with E-state index in [1.54, 1.807) is 24.0 Å². The third-order valence-electron chi connectivity index (χ3n) is 5.33. The summed E-state index contributed by atoms with van der Waals surface area (Å²) in [4.78, 5) is 16.8. The molecule has 0 spiro atoms. The SMILES string of the molecule is Cc1onc(-c2cccc(C(F)(F)F)c2)c1C(=O)N1CCN(c2ccccc2O)CC1. The van der Waals surface area contributed by atoms with Crippen LogP contribution in [0.15, 0.2) is 53.1 Å². The lowest BCUT2D eigenvalue weighted by atomic mass is 10.0. The van der Waals surface area contributed by atoms with E-state index in [9.17, 15) is 23.1 Å². The van der Waals surface area contributed by atoms with E-state index in [-0.39, 0.29) is 34.2 Å². The Bertz CT molecular complexity index is 1100. The number of benzene rings is 2. The van der Waals surface area contributed by atoms with E-state index in [1.165, 1.54) is 12.1 Å². The molecule has 31 heavy (non-hydrogen) atoms. The molecule has 0 bridgehead atoms. The quantitative estimate of drug-likeness (QED) is 0.668. The van der Waals surface area contributed by atoms with Crippen molar-refractivity contribution in [2.45, 2.75) is 13.1 Å². The minimum atomic E-state index is -4.50. The highest BCUT2D eigenvalue weighted by Crippen LogP contribution is 2.34. The number of aromatic hydroxyl groups is 1. The summed E-state index contributed by atoms with van der Waals surface area (Å²) in [5, 5.41) is 13.9. The summed E-state index contributed by atoms with van der Waals surface area (Å²) in [5.74, 6) is 0.0765. The van der Waals surface area contributed by atoms with Gasteiger partial charge in [0.15, 0.2) is 0 Å². The van der Waals surface area contributed by atoms with E-state index in [0.29, 0.717) is 31.9 Å². The first-order chi connectivity index (χ1) is 14.8. The first kappa shape index (κ1) is 20.8. The number of phenols is 1. The summed E-state index contributed by atoms with van der Waals surface area (Å²) in [7, 11) is 0. The minimum absolute atomic E-state index is 0.0942. The van der Waals surface area contributed by atoms with E-state index in [4.69, 9.17) is 4.52 Å². The van der Waals surface area contributed by atoms with Crippen molar-refractivity contribution in [3.05, 3.63) is 65.4 Å². The third kappa shape index (κ3) is 4.08. The molecule has 4 rings (SSSR count). The van der Waals surface area contributed by atoms with Crippen molar-refractivity contribution < 1.29 is 27.6 Å². The van der Waals surface area contributed by atoms with Crippen LogP contribution in [-0.4, -0.2) is 47.2 Å². The number of anilines is 1. The Morgan fingerprint density at radius 3 is 2.45 bits per heavy atom. The van der Waals surface area contributed by atoms with Crippen LogP contribution in [0.25, 0.3) is 11.3 Å². The van der Waals surface area contributed by atoms with Crippen molar-refractivity contribution in [2.24, 2.45) is 0 Å². The van der Waals surface area contributed by atoms with Gasteiger partial charge in [-0.25, -0.2) is 0 Å². The van der Waals surface area contributed by atoms with E-state index < -0.39 is 11.7 Å². The molecule has 0 aliphatic carbocycles. The van der Waals surface area contributed by atoms with Crippen LogP contribution in [0.5, 0.6) is 5.75 Å². The van der Waals surface area contributed by atoms with Crippen LogP contribution in [0.2, 0.25) is 0 Å². The molecule has 1 N–H and O–H groups in total. The lowest BCUT2D eigenvalue weighted by Crippen LogP contribution is -2.49. The molecule has 0 atom stereocenters. The average Bonchev–Trinajstić information content (AvgIpc) is 3.14. The predicted octanol–water partition coefficient (Wildman–Crippen LogP) is 4.34. The number of rotatable bonds is 3. The van der Waals surface area contributed by atoms with Crippen LogP contribution in [0.1, 0.15) is 21.7 Å². The molecule has 1 aliphatic rings. The molecule has 2 aromatic carbocycles. The topological polar surface area (TPSA) is 69.8 Å². The molecule has 1 saturated heterocycles. The number of nitrogens with zero attached hydrogens (tertiary/aromatic N) is 3. The third-order valence-corrected chi connectivity index (χ3v) is 5.33. The highest BCUT2D eigenvalue weighted by molar-refractivity contribution is 6.01. The molecule has 2 heterocycles. The van der Waals surface area contributed by atoms with Crippen LogP contribution in [0.4, 0.5) is 18.9 Å². The molecule has 1 fully saturated rings. The molecule has 6 nitrogen and oxygen atoms in total. The van der Waals surface area contributed by atoms with E-state index in [2.05, 4.69) is 5.16 Å². The van der Waals surface area contributed by atoms with Gasteiger partial charge in [-0.15, -0.1) is 0 Å². The average molecular weight is 431 g/mol. The second kappa shape index (κ2) is 7.98. The van der Waals surface area contributed by atoms with Crippen LogP contribution in [0.3, 0.4) is 0 Å². The number of phenolic OH excluding ortho intramolecular Hbond substituents is 1. The maximum absolute atomic E-state index is 13.2. The number of hydrogen-bond donors (Lipinski definition) is 1. The Labute approximate surface area is 176 Å². The van der Waals surface area contributed by atoms with Gasteiger partial charge < -0.3 is 19.4 Å². The zero-order valence-corrected chi connectivity index (χ0v) is 16.7. The van der Waals surface area contributed by atoms with Crippen LogP contribution in [-0.2, 0) is 6.18 Å². The first-order valence-corrected chi connectivity index (χ1v) is 9.72. The molecule has 1 aromatic heterocycles. The zero-order chi connectivity index (χ0) is 22.2. The second-order valence-corrected chi connectivity index (χ2v) is 7.31. The number of hydrogen-bond acceptors (Lipinski definition) is 5. The fraction of sp³-hybridized carbons (Fsp3) is 0.273. The fourth-order valence-electron chi connectivity index (χ4n) is 3.70. The molecule has 3 aromatic rings. The van der Waals surface area contributed by atoms with Crippen LogP contribution >= 0.6 is 0 Å². The minimum Gasteiger partial charge on any atom is -0.506 e. The Hall–Kier alpha value is -3.49. The van der Waals surface area contributed by atoms with Gasteiger partial charge in [0, 0.05) is 31.7 Å². The Morgan fingerprint density at radius 1 is 1.06 bits per heavy atom. The highest BCUT2D eigenvalue weighted by Gasteiger charge is 2.33. The predicted molar refractivity (Wildman–Crippen MR) is 108 cm³/mol. The van der Waals surface area contributed by atoms with E-state index in [0.717, 1.165) is 12.1 Å². The van der Waals surface area contributed by atoms with Gasteiger partial charge in [0.2, 0.25) is 0 Å². The lowest BCUT2D eigenvalue weighted by molar-refractivity contribution is -0.137. The summed E-state index contributed by atoms with van der Waals surface area (Å²) in [6.45, 7) is 3.36. The van der Waals surface area contributed by atoms with Crippen molar-refractivity contribution in [1.82, 2.24) is 10.1 Å². The lowest BCUT2D eigenvalue weighted by Gasteiger charge is -2.36. The van der Waals surface area contributed by atoms with Gasteiger partial charge in [-0.05, 0) is 31.2 Å². The van der Waals surface area contributed by atoms with Crippen molar-refractivity contribution in [1.29, 1.82) is 0 Å².